The van der Waals surface area contributed by atoms with Crippen molar-refractivity contribution < 1.29 is 4.79 Å². The first-order valence-corrected chi connectivity index (χ1v) is 7.38. The maximum absolute atomic E-state index is 11.9. The van der Waals surface area contributed by atoms with E-state index in [0.29, 0.717) is 5.69 Å². The number of allylic oxidation sites excluding steroid dienone is 1. The van der Waals surface area contributed by atoms with Crippen molar-refractivity contribution >= 4 is 17.2 Å². The van der Waals surface area contributed by atoms with Gasteiger partial charge in [-0.15, -0.1) is 11.3 Å². The zero-order chi connectivity index (χ0) is 13.0. The molecule has 18 heavy (non-hydrogen) atoms. The molecule has 0 saturated heterocycles. The van der Waals surface area contributed by atoms with Gasteiger partial charge in [-0.2, -0.15) is 0 Å². The summed E-state index contributed by atoms with van der Waals surface area (Å²) >= 11 is 1.58. The lowest BCUT2D eigenvalue weighted by Crippen LogP contribution is -2.25. The molecule has 1 aliphatic carbocycles. The smallest absolute Gasteiger partial charge is 0.271 e. The standard InChI is InChI=1S/C14H20N2OS/c1-10-13(16-11(2)18-10)14(17)15-9-8-12-6-4-3-5-7-12/h6H,3-5,7-9H2,1-2H3,(H,15,17). The van der Waals surface area contributed by atoms with Crippen molar-refractivity contribution in [3.8, 4) is 0 Å². The molecule has 1 aromatic heterocycles. The van der Waals surface area contributed by atoms with Gasteiger partial charge in [0.15, 0.2) is 0 Å². The van der Waals surface area contributed by atoms with E-state index in [4.69, 9.17) is 0 Å². The van der Waals surface area contributed by atoms with Gasteiger partial charge in [0.1, 0.15) is 5.69 Å². The van der Waals surface area contributed by atoms with Gasteiger partial charge in [0.25, 0.3) is 5.91 Å². The molecule has 98 valence electrons. The van der Waals surface area contributed by atoms with E-state index in [1.54, 1.807) is 11.3 Å². The summed E-state index contributed by atoms with van der Waals surface area (Å²) < 4.78 is 0. The molecule has 0 spiro atoms. The number of hydrogen-bond acceptors (Lipinski definition) is 3. The Kier molecular flexibility index (Phi) is 4.53. The van der Waals surface area contributed by atoms with E-state index in [0.717, 1.165) is 22.9 Å². The lowest BCUT2D eigenvalue weighted by molar-refractivity contribution is 0.0949. The van der Waals surface area contributed by atoms with Gasteiger partial charge in [-0.1, -0.05) is 11.6 Å². The topological polar surface area (TPSA) is 42.0 Å². The summed E-state index contributed by atoms with van der Waals surface area (Å²) in [7, 11) is 0. The highest BCUT2D eigenvalue weighted by molar-refractivity contribution is 7.11. The Morgan fingerprint density at radius 1 is 1.44 bits per heavy atom. The maximum Gasteiger partial charge on any atom is 0.271 e. The van der Waals surface area contributed by atoms with Gasteiger partial charge < -0.3 is 5.32 Å². The van der Waals surface area contributed by atoms with Crippen LogP contribution < -0.4 is 5.32 Å². The van der Waals surface area contributed by atoms with E-state index >= 15 is 0 Å². The second kappa shape index (κ2) is 6.14. The van der Waals surface area contributed by atoms with Crippen molar-refractivity contribution in [1.29, 1.82) is 0 Å². The van der Waals surface area contributed by atoms with Gasteiger partial charge in [0.2, 0.25) is 0 Å². The van der Waals surface area contributed by atoms with Crippen LogP contribution in [0.1, 0.15) is 52.5 Å². The van der Waals surface area contributed by atoms with E-state index < -0.39 is 0 Å². The van der Waals surface area contributed by atoms with Crippen LogP contribution in [-0.4, -0.2) is 17.4 Å². The molecule has 0 saturated carbocycles. The van der Waals surface area contributed by atoms with Crippen LogP contribution in [0.15, 0.2) is 11.6 Å². The van der Waals surface area contributed by atoms with Gasteiger partial charge in [0.05, 0.1) is 5.01 Å². The molecule has 0 radical (unpaired) electrons. The lowest BCUT2D eigenvalue weighted by atomic mass is 9.97. The fourth-order valence-corrected chi connectivity index (χ4v) is 3.11. The molecule has 1 aliphatic rings. The molecule has 1 N–H and O–H groups in total. The van der Waals surface area contributed by atoms with Crippen LogP contribution in [0.5, 0.6) is 0 Å². The highest BCUT2D eigenvalue weighted by Crippen LogP contribution is 2.20. The largest absolute Gasteiger partial charge is 0.350 e. The Morgan fingerprint density at radius 3 is 2.89 bits per heavy atom. The van der Waals surface area contributed by atoms with Gasteiger partial charge in [0, 0.05) is 11.4 Å². The molecule has 1 amide bonds. The molecule has 0 aliphatic heterocycles. The number of nitrogens with zero attached hydrogens (tertiary/aromatic N) is 1. The van der Waals surface area contributed by atoms with Crippen molar-refractivity contribution in [2.45, 2.75) is 46.0 Å². The summed E-state index contributed by atoms with van der Waals surface area (Å²) in [6, 6.07) is 0. The Balaban J connectivity index is 1.81. The van der Waals surface area contributed by atoms with Crippen molar-refractivity contribution in [3.05, 3.63) is 27.2 Å². The minimum Gasteiger partial charge on any atom is -0.350 e. The first-order valence-electron chi connectivity index (χ1n) is 6.57. The predicted molar refractivity (Wildman–Crippen MR) is 75.1 cm³/mol. The first-order chi connectivity index (χ1) is 8.66. The molecule has 0 atom stereocenters. The number of carbonyl (C=O) groups excluding carboxylic acids is 1. The van der Waals surface area contributed by atoms with Crippen LogP contribution >= 0.6 is 11.3 Å². The molecule has 1 aromatic rings. The molecular formula is C14H20N2OS. The Morgan fingerprint density at radius 2 is 2.28 bits per heavy atom. The number of carbonyl (C=O) groups is 1. The minimum absolute atomic E-state index is 0.0340. The number of hydrogen-bond donors (Lipinski definition) is 1. The zero-order valence-corrected chi connectivity index (χ0v) is 11.9. The van der Waals surface area contributed by atoms with Crippen molar-refractivity contribution in [2.24, 2.45) is 0 Å². The van der Waals surface area contributed by atoms with Gasteiger partial charge >= 0.3 is 0 Å². The lowest BCUT2D eigenvalue weighted by Gasteiger charge is -2.12. The van der Waals surface area contributed by atoms with E-state index in [1.165, 1.54) is 31.3 Å². The Labute approximate surface area is 112 Å². The van der Waals surface area contributed by atoms with Gasteiger partial charge in [-0.05, 0) is 46.0 Å². The van der Waals surface area contributed by atoms with E-state index in [-0.39, 0.29) is 5.91 Å². The number of thiazole rings is 1. The van der Waals surface area contributed by atoms with Crippen LogP contribution in [-0.2, 0) is 0 Å². The fourth-order valence-electron chi connectivity index (χ4n) is 2.29. The van der Waals surface area contributed by atoms with Crippen LogP contribution in [0.3, 0.4) is 0 Å². The van der Waals surface area contributed by atoms with Gasteiger partial charge in [-0.25, -0.2) is 4.98 Å². The molecule has 0 bridgehead atoms. The Hall–Kier alpha value is -1.16. The van der Waals surface area contributed by atoms with Crippen LogP contribution in [0, 0.1) is 13.8 Å². The number of aromatic nitrogens is 1. The second-order valence-electron chi connectivity index (χ2n) is 4.75. The van der Waals surface area contributed by atoms with Gasteiger partial charge in [-0.3, -0.25) is 4.79 Å². The quantitative estimate of drug-likeness (QED) is 0.847. The third-order valence-electron chi connectivity index (χ3n) is 3.24. The van der Waals surface area contributed by atoms with Crippen molar-refractivity contribution in [1.82, 2.24) is 10.3 Å². The van der Waals surface area contributed by atoms with Crippen LogP contribution in [0.2, 0.25) is 0 Å². The number of amides is 1. The van der Waals surface area contributed by atoms with Crippen molar-refractivity contribution in [3.63, 3.8) is 0 Å². The fraction of sp³-hybridized carbons (Fsp3) is 0.571. The molecule has 0 fully saturated rings. The van der Waals surface area contributed by atoms with E-state index in [1.807, 2.05) is 13.8 Å². The second-order valence-corrected chi connectivity index (χ2v) is 6.16. The van der Waals surface area contributed by atoms with Crippen LogP contribution in [0.4, 0.5) is 0 Å². The molecule has 0 aromatic carbocycles. The minimum atomic E-state index is -0.0340. The first kappa shape index (κ1) is 13.3. The summed E-state index contributed by atoms with van der Waals surface area (Å²) in [6.07, 6.45) is 8.32. The summed E-state index contributed by atoms with van der Waals surface area (Å²) in [5.41, 5.74) is 2.09. The third-order valence-corrected chi connectivity index (χ3v) is 4.12. The average Bonchev–Trinajstić information content (AvgIpc) is 2.70. The summed E-state index contributed by atoms with van der Waals surface area (Å²) in [4.78, 5) is 17.2. The summed E-state index contributed by atoms with van der Waals surface area (Å²) in [5, 5.41) is 3.92. The summed E-state index contributed by atoms with van der Waals surface area (Å²) in [5.74, 6) is -0.0340. The highest BCUT2D eigenvalue weighted by atomic mass is 32.1. The maximum atomic E-state index is 11.9. The molecule has 3 nitrogen and oxygen atoms in total. The normalized spacial score (nSPS) is 15.3. The molecule has 4 heteroatoms. The average molecular weight is 264 g/mol. The summed E-state index contributed by atoms with van der Waals surface area (Å²) in [6.45, 7) is 4.60. The highest BCUT2D eigenvalue weighted by Gasteiger charge is 2.13. The Bertz CT molecular complexity index is 462. The van der Waals surface area contributed by atoms with Crippen molar-refractivity contribution in [2.75, 3.05) is 6.54 Å². The molecular weight excluding hydrogens is 244 g/mol. The number of aryl methyl sites for hydroxylation is 2. The van der Waals surface area contributed by atoms with E-state index in [2.05, 4.69) is 16.4 Å². The zero-order valence-electron chi connectivity index (χ0n) is 11.1. The molecule has 2 rings (SSSR count). The third kappa shape index (κ3) is 3.42. The SMILES string of the molecule is Cc1nc(C(=O)NCCC2=CCCCC2)c(C)s1. The monoisotopic (exact) mass is 264 g/mol. The van der Waals surface area contributed by atoms with Crippen LogP contribution in [0.25, 0.3) is 0 Å². The number of nitrogens with one attached hydrogen (secondary N) is 1. The van der Waals surface area contributed by atoms with E-state index in [9.17, 15) is 4.79 Å². The molecule has 0 unspecified atom stereocenters. The predicted octanol–water partition coefficient (Wildman–Crippen LogP) is 3.38. The number of rotatable bonds is 4. The molecule has 1 heterocycles.